The lowest BCUT2D eigenvalue weighted by Crippen LogP contribution is -2.14. The van der Waals surface area contributed by atoms with Crippen LogP contribution in [-0.2, 0) is 6.42 Å². The molecule has 0 radical (unpaired) electrons. The number of hydrogen-bond donors (Lipinski definition) is 1. The minimum Gasteiger partial charge on any atom is -0.307 e. The third kappa shape index (κ3) is 2.54. The van der Waals surface area contributed by atoms with Gasteiger partial charge in [0, 0.05) is 6.42 Å². The third-order valence-electron chi connectivity index (χ3n) is 2.06. The van der Waals surface area contributed by atoms with Gasteiger partial charge in [0.25, 0.3) is 5.56 Å². The third-order valence-corrected chi connectivity index (χ3v) is 2.06. The minimum absolute atomic E-state index is 0. The van der Waals surface area contributed by atoms with Crippen molar-refractivity contribution < 1.29 is 0 Å². The zero-order valence-corrected chi connectivity index (χ0v) is 10.7. The fourth-order valence-corrected chi connectivity index (χ4v) is 1.45. The van der Waals surface area contributed by atoms with E-state index in [1.807, 2.05) is 0 Å². The lowest BCUT2D eigenvalue weighted by atomic mass is 10.3. The van der Waals surface area contributed by atoms with E-state index in [2.05, 4.69) is 22.0 Å². The zero-order valence-electron chi connectivity index (χ0n) is 9.06. The number of aromatic nitrogens is 4. The summed E-state index contributed by atoms with van der Waals surface area (Å²) in [7, 11) is 0. The van der Waals surface area contributed by atoms with Gasteiger partial charge in [-0.3, -0.25) is 4.79 Å². The number of imidazole rings is 1. The minimum atomic E-state index is -0.132. The van der Waals surface area contributed by atoms with E-state index in [0.29, 0.717) is 11.3 Å². The Morgan fingerprint density at radius 3 is 2.75 bits per heavy atom. The molecule has 1 N–H and O–H groups in total. The first-order valence-corrected chi connectivity index (χ1v) is 4.66. The van der Waals surface area contributed by atoms with Crippen LogP contribution in [0.1, 0.15) is 25.0 Å². The molecule has 0 aliphatic carbocycles. The van der Waals surface area contributed by atoms with Crippen molar-refractivity contribution in [3.8, 4) is 0 Å². The molecular formula is C9H14Cl2N4O. The number of aryl methyl sites for hydroxylation is 2. The first kappa shape index (κ1) is 14.9. The van der Waals surface area contributed by atoms with Crippen LogP contribution in [0.4, 0.5) is 0 Å². The Labute approximate surface area is 105 Å². The van der Waals surface area contributed by atoms with Gasteiger partial charge < -0.3 is 4.98 Å². The number of H-pyrrole nitrogens is 1. The topological polar surface area (TPSA) is 63.0 Å². The number of hydrogen-bond acceptors (Lipinski definition) is 3. The SMILES string of the molecule is CCCc1ncc2c(=O)[nH]c(C)nn12.Cl.Cl. The fourth-order valence-electron chi connectivity index (χ4n) is 1.45. The summed E-state index contributed by atoms with van der Waals surface area (Å²) in [5.74, 6) is 1.45. The van der Waals surface area contributed by atoms with Crippen LogP contribution in [0.15, 0.2) is 11.0 Å². The lowest BCUT2D eigenvalue weighted by Gasteiger charge is -1.98. The van der Waals surface area contributed by atoms with Gasteiger partial charge in [0.1, 0.15) is 11.6 Å². The van der Waals surface area contributed by atoms with Crippen LogP contribution in [0.2, 0.25) is 0 Å². The zero-order chi connectivity index (χ0) is 10.1. The maximum atomic E-state index is 11.5. The summed E-state index contributed by atoms with van der Waals surface area (Å²) in [5, 5.41) is 4.21. The normalized spacial score (nSPS) is 9.62. The highest BCUT2D eigenvalue weighted by molar-refractivity contribution is 5.85. The van der Waals surface area contributed by atoms with Gasteiger partial charge in [0.15, 0.2) is 5.52 Å². The number of nitrogens with one attached hydrogen (secondary N) is 1. The first-order chi connectivity index (χ1) is 6.72. The summed E-state index contributed by atoms with van der Waals surface area (Å²) in [5.41, 5.74) is 0.381. The lowest BCUT2D eigenvalue weighted by molar-refractivity contribution is 0.746. The van der Waals surface area contributed by atoms with Crippen molar-refractivity contribution in [3.05, 3.63) is 28.2 Å². The van der Waals surface area contributed by atoms with E-state index < -0.39 is 0 Å². The van der Waals surface area contributed by atoms with E-state index in [0.717, 1.165) is 18.7 Å². The molecular weight excluding hydrogens is 251 g/mol. The maximum absolute atomic E-state index is 11.5. The van der Waals surface area contributed by atoms with E-state index in [-0.39, 0.29) is 30.4 Å². The van der Waals surface area contributed by atoms with Crippen LogP contribution >= 0.6 is 24.8 Å². The van der Waals surface area contributed by atoms with Crippen LogP contribution in [0.25, 0.3) is 5.52 Å². The Balaban J connectivity index is 0.00000112. The number of rotatable bonds is 2. The van der Waals surface area contributed by atoms with Gasteiger partial charge in [-0.25, -0.2) is 9.50 Å². The maximum Gasteiger partial charge on any atom is 0.276 e. The van der Waals surface area contributed by atoms with Crippen molar-refractivity contribution in [2.24, 2.45) is 0 Å². The molecule has 0 aliphatic heterocycles. The molecule has 16 heavy (non-hydrogen) atoms. The summed E-state index contributed by atoms with van der Waals surface area (Å²) < 4.78 is 1.62. The van der Waals surface area contributed by atoms with Crippen LogP contribution in [0.5, 0.6) is 0 Å². The van der Waals surface area contributed by atoms with Crippen LogP contribution in [0.3, 0.4) is 0 Å². The summed E-state index contributed by atoms with van der Waals surface area (Å²) in [4.78, 5) is 18.3. The molecule has 0 saturated carbocycles. The fraction of sp³-hybridized carbons (Fsp3) is 0.444. The highest BCUT2D eigenvalue weighted by atomic mass is 35.5. The Kier molecular flexibility index (Phi) is 5.47. The Morgan fingerprint density at radius 1 is 1.44 bits per heavy atom. The predicted molar refractivity (Wildman–Crippen MR) is 66.8 cm³/mol. The van der Waals surface area contributed by atoms with Gasteiger partial charge in [0.2, 0.25) is 0 Å². The highest BCUT2D eigenvalue weighted by Gasteiger charge is 2.06. The Hall–Kier alpha value is -1.07. The molecule has 2 rings (SSSR count). The van der Waals surface area contributed by atoms with Crippen molar-refractivity contribution in [1.82, 2.24) is 19.6 Å². The molecule has 2 aromatic heterocycles. The molecule has 0 amide bonds. The van der Waals surface area contributed by atoms with E-state index in [9.17, 15) is 4.79 Å². The van der Waals surface area contributed by atoms with Crippen LogP contribution in [-0.4, -0.2) is 19.6 Å². The summed E-state index contributed by atoms with van der Waals surface area (Å²) in [6, 6.07) is 0. The molecule has 0 aromatic carbocycles. The molecule has 90 valence electrons. The van der Waals surface area contributed by atoms with Gasteiger partial charge in [0.05, 0.1) is 6.20 Å². The van der Waals surface area contributed by atoms with Crippen molar-refractivity contribution in [3.63, 3.8) is 0 Å². The van der Waals surface area contributed by atoms with Crippen LogP contribution in [0, 0.1) is 6.92 Å². The van der Waals surface area contributed by atoms with E-state index >= 15 is 0 Å². The monoisotopic (exact) mass is 264 g/mol. The summed E-state index contributed by atoms with van der Waals surface area (Å²) >= 11 is 0. The number of aromatic amines is 1. The van der Waals surface area contributed by atoms with Gasteiger partial charge in [-0.15, -0.1) is 24.8 Å². The molecule has 0 unspecified atom stereocenters. The summed E-state index contributed by atoms with van der Waals surface area (Å²) in [6.45, 7) is 3.83. The van der Waals surface area contributed by atoms with E-state index in [1.165, 1.54) is 0 Å². The van der Waals surface area contributed by atoms with Gasteiger partial charge in [-0.1, -0.05) is 6.92 Å². The number of fused-ring (bicyclic) bond motifs is 1. The molecule has 0 atom stereocenters. The molecule has 2 aromatic rings. The second-order valence-electron chi connectivity index (χ2n) is 3.26. The average Bonchev–Trinajstić information content (AvgIpc) is 2.49. The predicted octanol–water partition coefficient (Wildman–Crippen LogP) is 1.52. The van der Waals surface area contributed by atoms with Crippen molar-refractivity contribution in [1.29, 1.82) is 0 Å². The standard InChI is InChI=1S/C9H12N4O.2ClH/c1-3-4-8-10-5-7-9(14)11-6(2)12-13(7)8;;/h5H,3-4H2,1-2H3,(H,11,12,14);2*1H. The second kappa shape index (κ2) is 5.86. The van der Waals surface area contributed by atoms with Gasteiger partial charge in [-0.2, -0.15) is 5.10 Å². The molecule has 0 aliphatic rings. The molecule has 0 bridgehead atoms. The molecule has 7 heteroatoms. The summed E-state index contributed by atoms with van der Waals surface area (Å²) in [6.07, 6.45) is 3.40. The van der Waals surface area contributed by atoms with E-state index in [1.54, 1.807) is 17.6 Å². The average molecular weight is 265 g/mol. The number of nitrogens with zero attached hydrogens (tertiary/aromatic N) is 3. The Bertz CT molecular complexity index is 520. The van der Waals surface area contributed by atoms with Crippen LogP contribution < -0.4 is 5.56 Å². The first-order valence-electron chi connectivity index (χ1n) is 4.66. The van der Waals surface area contributed by atoms with Gasteiger partial charge >= 0.3 is 0 Å². The second-order valence-corrected chi connectivity index (χ2v) is 3.26. The van der Waals surface area contributed by atoms with Crippen molar-refractivity contribution in [2.45, 2.75) is 26.7 Å². The molecule has 5 nitrogen and oxygen atoms in total. The van der Waals surface area contributed by atoms with Crippen molar-refractivity contribution >= 4 is 30.3 Å². The largest absolute Gasteiger partial charge is 0.307 e. The highest BCUT2D eigenvalue weighted by Crippen LogP contribution is 2.02. The number of halogens is 2. The van der Waals surface area contributed by atoms with Gasteiger partial charge in [-0.05, 0) is 13.3 Å². The molecule has 2 heterocycles. The quantitative estimate of drug-likeness (QED) is 0.895. The van der Waals surface area contributed by atoms with E-state index in [4.69, 9.17) is 0 Å². The smallest absolute Gasteiger partial charge is 0.276 e. The molecule has 0 fully saturated rings. The molecule has 0 spiro atoms. The molecule has 0 saturated heterocycles. The Morgan fingerprint density at radius 2 is 2.12 bits per heavy atom. The van der Waals surface area contributed by atoms with Crippen molar-refractivity contribution in [2.75, 3.05) is 0 Å².